The fourth-order valence-electron chi connectivity index (χ4n) is 1.91. The lowest BCUT2D eigenvalue weighted by Crippen LogP contribution is -2.53. The number of nitrogens with two attached hydrogens (primary N) is 1. The highest BCUT2D eigenvalue weighted by molar-refractivity contribution is 7.89. The minimum atomic E-state index is -3.83. The van der Waals surface area contributed by atoms with Gasteiger partial charge in [0.25, 0.3) is 0 Å². The minimum absolute atomic E-state index is 0.0703. The highest BCUT2D eigenvalue weighted by atomic mass is 32.2. The summed E-state index contributed by atoms with van der Waals surface area (Å²) in [4.78, 5) is 12.4. The SMILES string of the molecule is COc1ccc(S(=O)(=O)NC(C(=O)NCC(C)(C)N)C(C)C)cc1. The van der Waals surface area contributed by atoms with Gasteiger partial charge in [-0.3, -0.25) is 4.79 Å². The zero-order chi connectivity index (χ0) is 18.5. The molecule has 1 rings (SSSR count). The predicted octanol–water partition coefficient (Wildman–Crippen LogP) is 0.852. The molecule has 0 fully saturated rings. The molecule has 0 radical (unpaired) electrons. The molecule has 136 valence electrons. The average molecular weight is 357 g/mol. The van der Waals surface area contributed by atoms with E-state index in [4.69, 9.17) is 10.5 Å². The lowest BCUT2D eigenvalue weighted by atomic mass is 10.0. The Morgan fingerprint density at radius 1 is 1.25 bits per heavy atom. The number of rotatable bonds is 8. The van der Waals surface area contributed by atoms with Gasteiger partial charge in [-0.25, -0.2) is 8.42 Å². The van der Waals surface area contributed by atoms with Crippen LogP contribution in [-0.2, 0) is 14.8 Å². The van der Waals surface area contributed by atoms with Crippen molar-refractivity contribution >= 4 is 15.9 Å². The van der Waals surface area contributed by atoms with E-state index in [0.29, 0.717) is 5.75 Å². The highest BCUT2D eigenvalue weighted by Crippen LogP contribution is 2.16. The number of carbonyl (C=O) groups excluding carboxylic acids is 1. The van der Waals surface area contributed by atoms with E-state index in [2.05, 4.69) is 10.0 Å². The third-order valence-electron chi connectivity index (χ3n) is 3.32. The number of ether oxygens (including phenoxy) is 1. The molecule has 0 aromatic heterocycles. The van der Waals surface area contributed by atoms with Gasteiger partial charge in [0.1, 0.15) is 11.8 Å². The van der Waals surface area contributed by atoms with E-state index in [9.17, 15) is 13.2 Å². The molecule has 0 heterocycles. The first-order valence-electron chi connectivity index (χ1n) is 7.69. The van der Waals surface area contributed by atoms with Gasteiger partial charge in [-0.15, -0.1) is 0 Å². The predicted molar refractivity (Wildman–Crippen MR) is 93.2 cm³/mol. The van der Waals surface area contributed by atoms with Crippen molar-refractivity contribution in [3.05, 3.63) is 24.3 Å². The lowest BCUT2D eigenvalue weighted by molar-refractivity contribution is -0.123. The van der Waals surface area contributed by atoms with Gasteiger partial charge < -0.3 is 15.8 Å². The fraction of sp³-hybridized carbons (Fsp3) is 0.562. The molecule has 0 bridgehead atoms. The van der Waals surface area contributed by atoms with Crippen molar-refractivity contribution in [2.75, 3.05) is 13.7 Å². The molecule has 0 saturated heterocycles. The molecule has 0 aliphatic carbocycles. The van der Waals surface area contributed by atoms with Gasteiger partial charge in [0, 0.05) is 12.1 Å². The molecule has 0 aliphatic heterocycles. The maximum Gasteiger partial charge on any atom is 0.241 e. The lowest BCUT2D eigenvalue weighted by Gasteiger charge is -2.25. The van der Waals surface area contributed by atoms with Crippen LogP contribution in [0.1, 0.15) is 27.7 Å². The number of benzene rings is 1. The first-order chi connectivity index (χ1) is 11.0. The van der Waals surface area contributed by atoms with Gasteiger partial charge in [0.05, 0.1) is 12.0 Å². The van der Waals surface area contributed by atoms with Gasteiger partial charge in [0.15, 0.2) is 0 Å². The molecule has 7 nitrogen and oxygen atoms in total. The van der Waals surface area contributed by atoms with Crippen LogP contribution in [0, 0.1) is 5.92 Å². The standard InChI is InChI=1S/C16H27N3O4S/c1-11(2)14(15(20)18-10-16(3,4)17)19-24(21,22)13-8-6-12(23-5)7-9-13/h6-9,11,14,19H,10,17H2,1-5H3,(H,18,20). The summed E-state index contributed by atoms with van der Waals surface area (Å²) >= 11 is 0. The number of amides is 1. The van der Waals surface area contributed by atoms with Crippen molar-refractivity contribution in [1.82, 2.24) is 10.0 Å². The van der Waals surface area contributed by atoms with Crippen LogP contribution in [-0.4, -0.2) is 39.6 Å². The Labute approximate surface area is 144 Å². The van der Waals surface area contributed by atoms with Crippen LogP contribution in [0.5, 0.6) is 5.75 Å². The second kappa shape index (κ2) is 7.96. The summed E-state index contributed by atoms with van der Waals surface area (Å²) in [5, 5.41) is 2.69. The Bertz CT molecular complexity index is 649. The zero-order valence-electron chi connectivity index (χ0n) is 14.8. The van der Waals surface area contributed by atoms with Gasteiger partial charge in [-0.2, -0.15) is 4.72 Å². The molecule has 1 atom stereocenters. The molecule has 1 aromatic carbocycles. The summed E-state index contributed by atoms with van der Waals surface area (Å²) in [6, 6.07) is 5.07. The summed E-state index contributed by atoms with van der Waals surface area (Å²) < 4.78 is 32.5. The maximum atomic E-state index is 12.5. The Balaban J connectivity index is 2.91. The van der Waals surface area contributed by atoms with Crippen LogP contribution >= 0.6 is 0 Å². The van der Waals surface area contributed by atoms with Crippen LogP contribution in [0.2, 0.25) is 0 Å². The van der Waals surface area contributed by atoms with Crippen molar-refractivity contribution in [1.29, 1.82) is 0 Å². The summed E-state index contributed by atoms with van der Waals surface area (Å²) in [5.41, 5.74) is 5.26. The average Bonchev–Trinajstić information content (AvgIpc) is 2.49. The molecule has 0 saturated carbocycles. The first kappa shape index (κ1) is 20.4. The molecule has 0 aliphatic rings. The Morgan fingerprint density at radius 3 is 2.21 bits per heavy atom. The van der Waals surface area contributed by atoms with Gasteiger partial charge in [-0.1, -0.05) is 13.8 Å². The van der Waals surface area contributed by atoms with Crippen LogP contribution in [0.3, 0.4) is 0 Å². The zero-order valence-corrected chi connectivity index (χ0v) is 15.6. The summed E-state index contributed by atoms with van der Waals surface area (Å²) in [5.74, 6) is -0.0724. The van der Waals surface area contributed by atoms with Crippen LogP contribution < -0.4 is 20.5 Å². The Kier molecular flexibility index (Phi) is 6.76. The van der Waals surface area contributed by atoms with E-state index in [1.165, 1.54) is 19.2 Å². The van der Waals surface area contributed by atoms with Crippen molar-refractivity contribution in [2.45, 2.75) is 44.2 Å². The minimum Gasteiger partial charge on any atom is -0.497 e. The number of hydrogen-bond acceptors (Lipinski definition) is 5. The van der Waals surface area contributed by atoms with Crippen LogP contribution in [0.15, 0.2) is 29.2 Å². The highest BCUT2D eigenvalue weighted by Gasteiger charge is 2.29. The summed E-state index contributed by atoms with van der Waals surface area (Å²) in [7, 11) is -2.33. The second-order valence-corrected chi connectivity index (χ2v) is 8.44. The topological polar surface area (TPSA) is 111 Å². The van der Waals surface area contributed by atoms with Crippen LogP contribution in [0.4, 0.5) is 0 Å². The van der Waals surface area contributed by atoms with Gasteiger partial charge >= 0.3 is 0 Å². The maximum absolute atomic E-state index is 12.5. The Hall–Kier alpha value is -1.64. The molecular weight excluding hydrogens is 330 g/mol. The van der Waals surface area contributed by atoms with E-state index in [1.54, 1.807) is 39.8 Å². The molecule has 4 N–H and O–H groups in total. The third kappa shape index (κ3) is 6.10. The third-order valence-corrected chi connectivity index (χ3v) is 4.78. The molecule has 1 amide bonds. The monoisotopic (exact) mass is 357 g/mol. The largest absolute Gasteiger partial charge is 0.497 e. The van der Waals surface area contributed by atoms with Crippen molar-refractivity contribution in [3.63, 3.8) is 0 Å². The Morgan fingerprint density at radius 2 is 1.79 bits per heavy atom. The molecule has 1 unspecified atom stereocenters. The van der Waals surface area contributed by atoms with E-state index < -0.39 is 27.5 Å². The number of methoxy groups -OCH3 is 1. The molecule has 1 aromatic rings. The van der Waals surface area contributed by atoms with Gasteiger partial charge in [-0.05, 0) is 44.0 Å². The van der Waals surface area contributed by atoms with Crippen LogP contribution in [0.25, 0.3) is 0 Å². The number of sulfonamides is 1. The van der Waals surface area contributed by atoms with Gasteiger partial charge in [0.2, 0.25) is 15.9 Å². The van der Waals surface area contributed by atoms with Crippen molar-refractivity contribution in [2.24, 2.45) is 11.7 Å². The number of carbonyl (C=O) groups is 1. The number of hydrogen-bond donors (Lipinski definition) is 3. The van der Waals surface area contributed by atoms with E-state index >= 15 is 0 Å². The smallest absolute Gasteiger partial charge is 0.241 e. The quantitative estimate of drug-likeness (QED) is 0.639. The van der Waals surface area contributed by atoms with Crippen molar-refractivity contribution < 1.29 is 17.9 Å². The fourth-order valence-corrected chi connectivity index (χ4v) is 3.25. The van der Waals surface area contributed by atoms with E-state index in [1.807, 2.05) is 0 Å². The second-order valence-electron chi connectivity index (χ2n) is 6.72. The van der Waals surface area contributed by atoms with E-state index in [0.717, 1.165) is 0 Å². The summed E-state index contributed by atoms with van der Waals surface area (Å²) in [6.45, 7) is 7.35. The molecule has 24 heavy (non-hydrogen) atoms. The van der Waals surface area contributed by atoms with E-state index in [-0.39, 0.29) is 17.4 Å². The van der Waals surface area contributed by atoms with Crippen molar-refractivity contribution in [3.8, 4) is 5.75 Å². The molecule has 0 spiro atoms. The molecule has 8 heteroatoms. The first-order valence-corrected chi connectivity index (χ1v) is 9.17. The summed E-state index contributed by atoms with van der Waals surface area (Å²) in [6.07, 6.45) is 0. The number of nitrogens with one attached hydrogen (secondary N) is 2. The normalized spacial score (nSPS) is 13.6. The molecular formula is C16H27N3O4S.